The smallest absolute Gasteiger partial charge is 0.436 e. The molecular weight excluding hydrogens is 508 g/mol. The summed E-state index contributed by atoms with van der Waals surface area (Å²) in [7, 11) is 6.33. The molecule has 0 aromatic rings. The van der Waals surface area contributed by atoms with E-state index in [1.165, 1.54) is 16.9 Å². The maximum atomic E-state index is 12.8. The van der Waals surface area contributed by atoms with Gasteiger partial charge in [-0.3, -0.25) is 14.5 Å². The molecule has 0 heterocycles. The number of aliphatic carboxylic acids is 1. The highest BCUT2D eigenvalue weighted by atomic mass is 16.7. The maximum absolute atomic E-state index is 12.8. The number of quaternary nitrogens is 1. The molecular formula is C31H53N4O5+. The van der Waals surface area contributed by atoms with E-state index in [1.54, 1.807) is 0 Å². The number of carbonyl (C=O) groups is 2. The number of nitrogens with zero attached hydrogens (tertiary/aromatic N) is 3. The Kier molecular flexibility index (Phi) is 9.37. The van der Waals surface area contributed by atoms with Crippen LogP contribution in [0.25, 0.3) is 0 Å². The highest BCUT2D eigenvalue weighted by molar-refractivity contribution is 5.86. The van der Waals surface area contributed by atoms with E-state index in [2.05, 4.69) is 51.5 Å². The van der Waals surface area contributed by atoms with Gasteiger partial charge in [0.15, 0.2) is 0 Å². The minimum absolute atomic E-state index is 0.118. The second kappa shape index (κ2) is 12.1. The quantitative estimate of drug-likeness (QED) is 0.0924. The first kappa shape index (κ1) is 31.0. The number of carboxylic acids is 1. The summed E-state index contributed by atoms with van der Waals surface area (Å²) in [5.74, 6) is 1.12. The Bertz CT molecular complexity index is 1010. The number of likely N-dealkylation sites (N-methyl/N-ethyl adjacent to an activating group) is 1. The summed E-state index contributed by atoms with van der Waals surface area (Å²) in [6.45, 7) is 8.85. The molecule has 0 aliphatic heterocycles. The van der Waals surface area contributed by atoms with Crippen LogP contribution in [0.15, 0.2) is 16.8 Å². The third-order valence-corrected chi connectivity index (χ3v) is 11.0. The molecule has 3 fully saturated rings. The van der Waals surface area contributed by atoms with Crippen LogP contribution in [0.1, 0.15) is 72.1 Å². The molecule has 0 bridgehead atoms. The molecule has 226 valence electrons. The van der Waals surface area contributed by atoms with Crippen LogP contribution in [-0.4, -0.2) is 97.3 Å². The molecule has 0 aromatic carbocycles. The topological polar surface area (TPSA) is 111 Å². The first-order valence-corrected chi connectivity index (χ1v) is 15.4. The van der Waals surface area contributed by atoms with Gasteiger partial charge in [-0.2, -0.15) is 0 Å². The monoisotopic (exact) mass is 561 g/mol. The average Bonchev–Trinajstić information content (AvgIpc) is 3.23. The van der Waals surface area contributed by atoms with Crippen LogP contribution in [0, 0.1) is 34.5 Å². The third-order valence-electron chi connectivity index (χ3n) is 11.0. The van der Waals surface area contributed by atoms with Gasteiger partial charge in [0, 0.05) is 25.6 Å². The Morgan fingerprint density at radius 2 is 1.88 bits per heavy atom. The molecule has 4 rings (SSSR count). The van der Waals surface area contributed by atoms with Crippen molar-refractivity contribution in [1.29, 1.82) is 0 Å². The number of carboxylic acid groups (broad SMARTS) is 1. The molecule has 9 heteroatoms. The molecule has 4 aliphatic carbocycles. The van der Waals surface area contributed by atoms with E-state index < -0.39 is 18.6 Å². The Hall–Kier alpha value is -1.97. The number of nitrogens with one attached hydrogen (secondary N) is 1. The first-order valence-electron chi connectivity index (χ1n) is 15.4. The van der Waals surface area contributed by atoms with Crippen LogP contribution >= 0.6 is 0 Å². The molecule has 7 atom stereocenters. The molecule has 0 radical (unpaired) electrons. The first-order chi connectivity index (χ1) is 18.7. The molecule has 3 N–H and O–H groups in total. The summed E-state index contributed by atoms with van der Waals surface area (Å²) in [4.78, 5) is 30.8. The molecule has 4 aliphatic rings. The lowest BCUT2D eigenvalue weighted by Gasteiger charge is -2.58. The molecule has 0 aromatic heterocycles. The number of hydrogen-bond donors (Lipinski definition) is 3. The second-order valence-electron chi connectivity index (χ2n) is 14.5. The fourth-order valence-corrected chi connectivity index (χ4v) is 8.71. The number of carbonyl (C=O) groups excluding carboxylic acids is 1. The van der Waals surface area contributed by atoms with Gasteiger partial charge in [-0.25, -0.2) is 4.79 Å². The van der Waals surface area contributed by atoms with Gasteiger partial charge in [-0.05, 0) is 86.9 Å². The van der Waals surface area contributed by atoms with Crippen molar-refractivity contribution in [3.8, 4) is 0 Å². The Balaban J connectivity index is 1.37. The number of aliphatic hydroxyl groups is 1. The SMILES string of the molecule is C/C(=N\OC(=O)N(CCNCC[N+](C)(C)C)CC(=O)O)[C@H]1CC[C@H]2[C@@H]3CC=C4C[C@@H](O)CC[C@]4(C)[C@H]3CC[C@]12C. The number of hydrogen-bond acceptors (Lipinski definition) is 6. The number of oxime groups is 1. The normalized spacial score (nSPS) is 35.7. The van der Waals surface area contributed by atoms with Gasteiger partial charge < -0.3 is 20.0 Å². The second-order valence-corrected chi connectivity index (χ2v) is 14.5. The number of amides is 1. The standard InChI is InChI=1S/C31H52N4O5/c1-21(33-40-29(39)34(20-28(37)38)17-15-32-16-18-35(4,5)6)25-9-10-26-24-8-7-22-19-23(36)11-13-30(22,2)27(24)12-14-31(25,26)3/h7,23-27,32,36H,8-20H2,1-6H3/p+1/b33-21+/t23-,24-,25+,26-,27-,30-,31+/m0/s1. The molecule has 40 heavy (non-hydrogen) atoms. The van der Waals surface area contributed by atoms with Gasteiger partial charge >= 0.3 is 12.1 Å². The number of fused-ring (bicyclic) bond motifs is 5. The van der Waals surface area contributed by atoms with E-state index in [0.717, 1.165) is 68.2 Å². The predicted molar refractivity (Wildman–Crippen MR) is 156 cm³/mol. The molecule has 0 spiro atoms. The Morgan fingerprint density at radius 1 is 1.12 bits per heavy atom. The number of aliphatic hydroxyl groups excluding tert-OH is 1. The van der Waals surface area contributed by atoms with E-state index in [1.807, 2.05) is 6.92 Å². The van der Waals surface area contributed by atoms with Crippen molar-refractivity contribution >= 4 is 17.8 Å². The third kappa shape index (κ3) is 6.57. The Labute approximate surface area is 240 Å². The summed E-state index contributed by atoms with van der Waals surface area (Å²) in [6, 6.07) is 0. The summed E-state index contributed by atoms with van der Waals surface area (Å²) in [5.41, 5.74) is 2.67. The van der Waals surface area contributed by atoms with Crippen LogP contribution < -0.4 is 5.32 Å². The zero-order valence-electron chi connectivity index (χ0n) is 25.6. The van der Waals surface area contributed by atoms with Crippen molar-refractivity contribution in [2.24, 2.45) is 39.7 Å². The van der Waals surface area contributed by atoms with E-state index in [9.17, 15) is 19.8 Å². The van der Waals surface area contributed by atoms with Crippen LogP contribution in [0.2, 0.25) is 0 Å². The summed E-state index contributed by atoms with van der Waals surface area (Å²) in [6.07, 6.45) is 10.0. The van der Waals surface area contributed by atoms with Crippen molar-refractivity contribution in [1.82, 2.24) is 10.2 Å². The number of allylic oxidation sites excluding steroid dienone is 1. The summed E-state index contributed by atoms with van der Waals surface area (Å²) < 4.78 is 0.825. The van der Waals surface area contributed by atoms with Crippen molar-refractivity contribution < 1.29 is 29.1 Å². The molecule has 1 amide bonds. The van der Waals surface area contributed by atoms with Crippen LogP contribution in [0.5, 0.6) is 0 Å². The molecule has 3 saturated carbocycles. The van der Waals surface area contributed by atoms with Crippen molar-refractivity contribution in [3.05, 3.63) is 11.6 Å². The van der Waals surface area contributed by atoms with Crippen molar-refractivity contribution in [2.75, 3.05) is 53.9 Å². The summed E-state index contributed by atoms with van der Waals surface area (Å²) in [5, 5.41) is 27.2. The molecule has 0 saturated heterocycles. The highest BCUT2D eigenvalue weighted by Gasteiger charge is 2.59. The van der Waals surface area contributed by atoms with Crippen molar-refractivity contribution in [3.63, 3.8) is 0 Å². The van der Waals surface area contributed by atoms with E-state index in [0.29, 0.717) is 24.3 Å². The van der Waals surface area contributed by atoms with E-state index in [4.69, 9.17) is 4.84 Å². The highest BCUT2D eigenvalue weighted by Crippen LogP contribution is 2.66. The zero-order chi connectivity index (χ0) is 29.3. The fourth-order valence-electron chi connectivity index (χ4n) is 8.71. The largest absolute Gasteiger partial charge is 0.480 e. The van der Waals surface area contributed by atoms with Gasteiger partial charge in [0.25, 0.3) is 0 Å². The lowest BCUT2D eigenvalue weighted by Crippen LogP contribution is -2.50. The summed E-state index contributed by atoms with van der Waals surface area (Å²) >= 11 is 0. The van der Waals surface area contributed by atoms with Crippen LogP contribution in [-0.2, 0) is 9.63 Å². The van der Waals surface area contributed by atoms with E-state index in [-0.39, 0.29) is 29.4 Å². The van der Waals surface area contributed by atoms with Crippen molar-refractivity contribution in [2.45, 2.75) is 78.2 Å². The van der Waals surface area contributed by atoms with Crippen LogP contribution in [0.3, 0.4) is 0 Å². The van der Waals surface area contributed by atoms with E-state index >= 15 is 0 Å². The van der Waals surface area contributed by atoms with Crippen LogP contribution in [0.4, 0.5) is 4.79 Å². The van der Waals surface area contributed by atoms with Gasteiger partial charge in [0.2, 0.25) is 0 Å². The Morgan fingerprint density at radius 3 is 2.58 bits per heavy atom. The zero-order valence-corrected chi connectivity index (χ0v) is 25.6. The van der Waals surface area contributed by atoms with Gasteiger partial charge in [0.05, 0.1) is 39.5 Å². The molecule has 0 unspecified atom stereocenters. The molecule has 9 nitrogen and oxygen atoms in total. The van der Waals surface area contributed by atoms with Gasteiger partial charge in [-0.1, -0.05) is 30.7 Å². The number of rotatable bonds is 10. The minimum Gasteiger partial charge on any atom is -0.480 e. The lowest BCUT2D eigenvalue weighted by molar-refractivity contribution is -0.869. The maximum Gasteiger partial charge on any atom is 0.436 e. The minimum atomic E-state index is -1.07. The van der Waals surface area contributed by atoms with Gasteiger partial charge in [0.1, 0.15) is 6.54 Å². The lowest BCUT2D eigenvalue weighted by atomic mass is 9.47. The predicted octanol–water partition coefficient (Wildman–Crippen LogP) is 4.12. The van der Waals surface area contributed by atoms with Gasteiger partial charge in [-0.15, -0.1) is 0 Å². The average molecular weight is 562 g/mol. The fraction of sp³-hybridized carbons (Fsp3) is 0.839.